The van der Waals surface area contributed by atoms with E-state index >= 15 is 0 Å². The Morgan fingerprint density at radius 1 is 1.08 bits per heavy atom. The van der Waals surface area contributed by atoms with Crippen LogP contribution in [0, 0.1) is 0 Å². The molecule has 0 fully saturated rings. The van der Waals surface area contributed by atoms with Crippen LogP contribution in [-0.4, -0.2) is 54.5 Å². The Morgan fingerprint density at radius 3 is 2.46 bits per heavy atom. The SMILES string of the molecule is CCCCNC(=O)C(CC)N(Cc1ccc(Cl)cc1Cl)C(=O)CCCN1C(=O)c2ccccc2S1(=O)=O. The highest BCUT2D eigenvalue weighted by atomic mass is 35.5. The fraction of sp³-hybridized carbons (Fsp3) is 0.423. The Kier molecular flexibility index (Phi) is 9.98. The number of hydrogen-bond acceptors (Lipinski definition) is 5. The predicted octanol–water partition coefficient (Wildman–Crippen LogP) is 4.64. The first-order valence-electron chi connectivity index (χ1n) is 12.3. The van der Waals surface area contributed by atoms with Crippen molar-refractivity contribution in [2.24, 2.45) is 0 Å². The van der Waals surface area contributed by atoms with E-state index in [9.17, 15) is 22.8 Å². The maximum Gasteiger partial charge on any atom is 0.269 e. The molecule has 0 aromatic heterocycles. The zero-order chi connectivity index (χ0) is 27.2. The lowest BCUT2D eigenvalue weighted by atomic mass is 10.1. The number of carbonyl (C=O) groups excluding carboxylic acids is 3. The molecule has 0 saturated carbocycles. The van der Waals surface area contributed by atoms with Crippen molar-refractivity contribution in [3.05, 3.63) is 63.6 Å². The average Bonchev–Trinajstić information content (AvgIpc) is 3.06. The van der Waals surface area contributed by atoms with Gasteiger partial charge in [0.25, 0.3) is 15.9 Å². The van der Waals surface area contributed by atoms with Gasteiger partial charge in [-0.1, -0.05) is 61.7 Å². The van der Waals surface area contributed by atoms with Crippen LogP contribution in [0.25, 0.3) is 0 Å². The van der Waals surface area contributed by atoms with E-state index in [1.54, 1.807) is 30.3 Å². The molecule has 2 aromatic rings. The van der Waals surface area contributed by atoms with Crippen LogP contribution in [-0.2, 0) is 26.2 Å². The number of hydrogen-bond donors (Lipinski definition) is 1. The summed E-state index contributed by atoms with van der Waals surface area (Å²) < 4.78 is 26.4. The van der Waals surface area contributed by atoms with Crippen molar-refractivity contribution >= 4 is 50.9 Å². The summed E-state index contributed by atoms with van der Waals surface area (Å²) >= 11 is 12.4. The molecule has 1 aliphatic rings. The van der Waals surface area contributed by atoms with E-state index in [1.165, 1.54) is 17.0 Å². The molecule has 0 radical (unpaired) electrons. The second-order valence-corrected chi connectivity index (χ2v) is 11.5. The number of fused-ring (bicyclic) bond motifs is 1. The Hall–Kier alpha value is -2.62. The molecule has 0 spiro atoms. The molecule has 0 saturated heterocycles. The molecule has 200 valence electrons. The first kappa shape index (κ1) is 28.9. The van der Waals surface area contributed by atoms with E-state index in [0.29, 0.717) is 28.6 Å². The molecule has 1 atom stereocenters. The van der Waals surface area contributed by atoms with Gasteiger partial charge in [-0.05, 0) is 49.1 Å². The first-order valence-corrected chi connectivity index (χ1v) is 14.5. The lowest BCUT2D eigenvalue weighted by molar-refractivity contribution is -0.141. The Morgan fingerprint density at radius 2 is 1.81 bits per heavy atom. The van der Waals surface area contributed by atoms with Gasteiger partial charge >= 0.3 is 0 Å². The second kappa shape index (κ2) is 12.8. The molecule has 8 nitrogen and oxygen atoms in total. The third-order valence-electron chi connectivity index (χ3n) is 6.24. The summed E-state index contributed by atoms with van der Waals surface area (Å²) in [7, 11) is -3.95. The van der Waals surface area contributed by atoms with E-state index in [-0.39, 0.29) is 48.2 Å². The number of nitrogens with one attached hydrogen (secondary N) is 1. The van der Waals surface area contributed by atoms with Crippen molar-refractivity contribution < 1.29 is 22.8 Å². The number of amides is 3. The van der Waals surface area contributed by atoms with Crippen LogP contribution in [0.15, 0.2) is 47.4 Å². The van der Waals surface area contributed by atoms with Crippen molar-refractivity contribution in [3.63, 3.8) is 0 Å². The molecule has 0 aliphatic carbocycles. The summed E-state index contributed by atoms with van der Waals surface area (Å²) in [6.45, 7) is 4.29. The predicted molar refractivity (Wildman–Crippen MR) is 143 cm³/mol. The summed E-state index contributed by atoms with van der Waals surface area (Å²) in [6, 6.07) is 10.2. The van der Waals surface area contributed by atoms with Crippen LogP contribution in [0.4, 0.5) is 0 Å². The molecular formula is C26H31Cl2N3O5S. The molecule has 1 N–H and O–H groups in total. The summed E-state index contributed by atoms with van der Waals surface area (Å²) in [6.07, 6.45) is 2.17. The molecule has 3 amide bonds. The first-order chi connectivity index (χ1) is 17.6. The normalized spacial score (nSPS) is 14.8. The summed E-state index contributed by atoms with van der Waals surface area (Å²) in [5, 5.41) is 3.71. The summed E-state index contributed by atoms with van der Waals surface area (Å²) in [4.78, 5) is 40.5. The molecule has 1 unspecified atom stereocenters. The highest BCUT2D eigenvalue weighted by Crippen LogP contribution is 2.30. The number of rotatable bonds is 12. The van der Waals surface area contributed by atoms with Gasteiger partial charge in [-0.15, -0.1) is 0 Å². The summed E-state index contributed by atoms with van der Waals surface area (Å²) in [5.74, 6) is -1.21. The number of nitrogens with zero attached hydrogens (tertiary/aromatic N) is 2. The van der Waals surface area contributed by atoms with Gasteiger partial charge in [-0.3, -0.25) is 14.4 Å². The fourth-order valence-electron chi connectivity index (χ4n) is 4.23. The molecule has 2 aromatic carbocycles. The molecule has 0 bridgehead atoms. The quantitative estimate of drug-likeness (QED) is 0.376. The minimum Gasteiger partial charge on any atom is -0.354 e. The molecule has 1 aliphatic heterocycles. The zero-order valence-corrected chi connectivity index (χ0v) is 23.2. The Bertz CT molecular complexity index is 1270. The van der Waals surface area contributed by atoms with Crippen molar-refractivity contribution in [2.45, 2.75) is 63.4 Å². The standard InChI is InChI=1S/C26H31Cl2N3O5S/c1-3-5-14-29-25(33)22(4-2)30(17-18-12-13-19(27)16-21(18)28)24(32)11-8-15-31-26(34)20-9-6-7-10-23(20)37(31,35)36/h6-7,9-10,12-13,16,22H,3-5,8,11,14-15,17H2,1-2H3,(H,29,33). The maximum absolute atomic E-state index is 13.4. The van der Waals surface area contributed by atoms with E-state index < -0.39 is 22.0 Å². The van der Waals surface area contributed by atoms with Crippen LogP contribution >= 0.6 is 23.2 Å². The highest BCUT2D eigenvalue weighted by molar-refractivity contribution is 7.90. The third-order valence-corrected chi connectivity index (χ3v) is 8.66. The zero-order valence-electron chi connectivity index (χ0n) is 20.9. The van der Waals surface area contributed by atoms with Gasteiger partial charge in [0.2, 0.25) is 11.8 Å². The van der Waals surface area contributed by atoms with Gasteiger partial charge in [0.1, 0.15) is 10.9 Å². The number of carbonyl (C=O) groups is 3. The maximum atomic E-state index is 13.4. The monoisotopic (exact) mass is 567 g/mol. The number of halogens is 2. The summed E-state index contributed by atoms with van der Waals surface area (Å²) in [5.41, 5.74) is 0.759. The Labute approximate surface area is 228 Å². The number of unbranched alkanes of at least 4 members (excludes halogenated alkanes) is 1. The fourth-order valence-corrected chi connectivity index (χ4v) is 6.30. The smallest absolute Gasteiger partial charge is 0.269 e. The topological polar surface area (TPSA) is 104 Å². The van der Waals surface area contributed by atoms with Crippen molar-refractivity contribution in [1.82, 2.24) is 14.5 Å². The van der Waals surface area contributed by atoms with E-state index in [1.807, 2.05) is 13.8 Å². The Balaban J connectivity index is 1.75. The largest absolute Gasteiger partial charge is 0.354 e. The van der Waals surface area contributed by atoms with E-state index in [4.69, 9.17) is 23.2 Å². The molecule has 11 heteroatoms. The lowest BCUT2D eigenvalue weighted by Crippen LogP contribution is -2.49. The van der Waals surface area contributed by atoms with Gasteiger partial charge in [0.15, 0.2) is 0 Å². The number of benzene rings is 2. The van der Waals surface area contributed by atoms with Crippen molar-refractivity contribution in [3.8, 4) is 0 Å². The van der Waals surface area contributed by atoms with Crippen molar-refractivity contribution in [2.75, 3.05) is 13.1 Å². The molecule has 37 heavy (non-hydrogen) atoms. The van der Waals surface area contributed by atoms with Crippen LogP contribution in [0.3, 0.4) is 0 Å². The van der Waals surface area contributed by atoms with Gasteiger partial charge in [-0.25, -0.2) is 12.7 Å². The molecule has 3 rings (SSSR count). The van der Waals surface area contributed by atoms with Crippen LogP contribution in [0.2, 0.25) is 10.0 Å². The van der Waals surface area contributed by atoms with Gasteiger partial charge < -0.3 is 10.2 Å². The van der Waals surface area contributed by atoms with E-state index in [0.717, 1.165) is 17.1 Å². The van der Waals surface area contributed by atoms with Crippen LogP contribution in [0.5, 0.6) is 0 Å². The van der Waals surface area contributed by atoms with E-state index in [2.05, 4.69) is 5.32 Å². The van der Waals surface area contributed by atoms with Gasteiger partial charge in [-0.2, -0.15) is 0 Å². The van der Waals surface area contributed by atoms with Crippen LogP contribution < -0.4 is 5.32 Å². The molecular weight excluding hydrogens is 537 g/mol. The van der Waals surface area contributed by atoms with Gasteiger partial charge in [0, 0.05) is 36.1 Å². The lowest BCUT2D eigenvalue weighted by Gasteiger charge is -2.31. The minimum atomic E-state index is -3.95. The third kappa shape index (κ3) is 6.64. The minimum absolute atomic E-state index is 0.0277. The number of sulfonamides is 1. The highest BCUT2D eigenvalue weighted by Gasteiger charge is 2.40. The second-order valence-electron chi connectivity index (χ2n) is 8.81. The molecule has 1 heterocycles. The van der Waals surface area contributed by atoms with Crippen LogP contribution in [0.1, 0.15) is 61.9 Å². The van der Waals surface area contributed by atoms with Gasteiger partial charge in [0.05, 0.1) is 5.56 Å². The van der Waals surface area contributed by atoms with Crippen molar-refractivity contribution in [1.29, 1.82) is 0 Å². The average molecular weight is 569 g/mol.